The van der Waals surface area contributed by atoms with Crippen LogP contribution in [0.3, 0.4) is 0 Å². The zero-order valence-electron chi connectivity index (χ0n) is 19.8. The Balaban J connectivity index is 1.58. The molecule has 182 valence electrons. The second-order valence-corrected chi connectivity index (χ2v) is 8.08. The van der Waals surface area contributed by atoms with E-state index in [4.69, 9.17) is 21.7 Å². The van der Waals surface area contributed by atoms with Gasteiger partial charge in [0, 0.05) is 25.8 Å². The summed E-state index contributed by atoms with van der Waals surface area (Å²) in [5.74, 6) is 0.119. The molecule has 0 atom stereocenters. The van der Waals surface area contributed by atoms with E-state index >= 15 is 0 Å². The number of amides is 2. The highest BCUT2D eigenvalue weighted by Gasteiger charge is 2.17. The highest BCUT2D eigenvalue weighted by atomic mass is 32.1. The lowest BCUT2D eigenvalue weighted by molar-refractivity contribution is 0.0786. The normalized spacial score (nSPS) is 10.3. The lowest BCUT2D eigenvalue weighted by Crippen LogP contribution is -2.35. The van der Waals surface area contributed by atoms with E-state index in [2.05, 4.69) is 10.6 Å². The summed E-state index contributed by atoms with van der Waals surface area (Å²) < 4.78 is 10.8. The molecule has 8 heteroatoms. The lowest BCUT2D eigenvalue weighted by atomic mass is 10.1. The summed E-state index contributed by atoms with van der Waals surface area (Å²) in [5, 5.41) is 5.73. The molecule has 0 saturated heterocycles. The van der Waals surface area contributed by atoms with Crippen LogP contribution in [0.25, 0.3) is 0 Å². The number of carbonyl (C=O) groups excluding carboxylic acids is 2. The van der Waals surface area contributed by atoms with Crippen LogP contribution in [0, 0.1) is 0 Å². The number of nitrogens with one attached hydrogen (secondary N) is 2. The molecule has 0 radical (unpaired) electrons. The molecule has 0 heterocycles. The van der Waals surface area contributed by atoms with Crippen molar-refractivity contribution in [1.29, 1.82) is 0 Å². The Bertz CT molecular complexity index is 1140. The molecule has 0 spiro atoms. The molecule has 0 aliphatic rings. The fraction of sp³-hybridized carbons (Fsp3) is 0.222. The van der Waals surface area contributed by atoms with E-state index < -0.39 is 0 Å². The van der Waals surface area contributed by atoms with Crippen LogP contribution in [0.4, 0.5) is 5.69 Å². The number of anilines is 1. The number of rotatable bonds is 10. The van der Waals surface area contributed by atoms with Crippen LogP contribution in [0.5, 0.6) is 5.75 Å². The number of para-hydroxylation sites is 1. The van der Waals surface area contributed by atoms with Crippen molar-refractivity contribution < 1.29 is 19.1 Å². The Labute approximate surface area is 211 Å². The van der Waals surface area contributed by atoms with E-state index in [1.165, 1.54) is 0 Å². The molecule has 0 saturated carbocycles. The summed E-state index contributed by atoms with van der Waals surface area (Å²) >= 11 is 5.33. The molecule has 0 aliphatic heterocycles. The minimum atomic E-state index is -0.367. The molecule has 35 heavy (non-hydrogen) atoms. The van der Waals surface area contributed by atoms with Crippen molar-refractivity contribution in [1.82, 2.24) is 10.2 Å². The van der Waals surface area contributed by atoms with Gasteiger partial charge in [-0.05, 0) is 61.1 Å². The third-order valence-electron chi connectivity index (χ3n) is 5.06. The van der Waals surface area contributed by atoms with Crippen molar-refractivity contribution in [2.24, 2.45) is 0 Å². The van der Waals surface area contributed by atoms with E-state index in [1.807, 2.05) is 37.3 Å². The van der Waals surface area contributed by atoms with Gasteiger partial charge in [0.2, 0.25) is 0 Å². The monoisotopic (exact) mass is 491 g/mol. The van der Waals surface area contributed by atoms with E-state index in [0.29, 0.717) is 48.9 Å². The fourth-order valence-electron chi connectivity index (χ4n) is 3.31. The van der Waals surface area contributed by atoms with Crippen LogP contribution in [-0.4, -0.2) is 48.7 Å². The summed E-state index contributed by atoms with van der Waals surface area (Å²) in [5.41, 5.74) is 2.43. The summed E-state index contributed by atoms with van der Waals surface area (Å²) in [4.78, 5) is 27.3. The molecule has 0 unspecified atom stereocenters. The number of ether oxygens (including phenoxy) is 2. The number of benzene rings is 3. The minimum absolute atomic E-state index is 0.0954. The number of hydrogen-bond donors (Lipinski definition) is 2. The largest absolute Gasteiger partial charge is 0.491 e. The summed E-state index contributed by atoms with van der Waals surface area (Å²) in [6.07, 6.45) is 0. The maximum Gasteiger partial charge on any atom is 0.257 e. The van der Waals surface area contributed by atoms with Gasteiger partial charge in [0.25, 0.3) is 11.8 Å². The van der Waals surface area contributed by atoms with Gasteiger partial charge in [0.05, 0.1) is 17.9 Å². The van der Waals surface area contributed by atoms with Gasteiger partial charge >= 0.3 is 0 Å². The van der Waals surface area contributed by atoms with Gasteiger partial charge in [0.1, 0.15) is 12.4 Å². The molecule has 3 rings (SSSR count). The van der Waals surface area contributed by atoms with Crippen LogP contribution in [-0.2, 0) is 11.3 Å². The molecule has 7 nitrogen and oxygen atoms in total. The van der Waals surface area contributed by atoms with E-state index in [9.17, 15) is 9.59 Å². The molecular weight excluding hydrogens is 462 g/mol. The minimum Gasteiger partial charge on any atom is -0.491 e. The van der Waals surface area contributed by atoms with Crippen LogP contribution in [0.1, 0.15) is 33.2 Å². The fourth-order valence-corrected chi connectivity index (χ4v) is 3.51. The average Bonchev–Trinajstić information content (AvgIpc) is 2.87. The molecular formula is C27H29N3O4S. The maximum absolute atomic E-state index is 13.1. The summed E-state index contributed by atoms with van der Waals surface area (Å²) in [7, 11) is 1.75. The molecule has 2 N–H and O–H groups in total. The summed E-state index contributed by atoms with van der Waals surface area (Å²) in [6.45, 7) is 3.98. The number of hydrogen-bond acceptors (Lipinski definition) is 5. The average molecular weight is 492 g/mol. The maximum atomic E-state index is 13.1. The van der Waals surface area contributed by atoms with E-state index in [0.717, 1.165) is 5.56 Å². The lowest BCUT2D eigenvalue weighted by Gasteiger charge is -2.20. The van der Waals surface area contributed by atoms with Gasteiger partial charge in [-0.3, -0.25) is 14.9 Å². The predicted octanol–water partition coefficient (Wildman–Crippen LogP) is 4.50. The van der Waals surface area contributed by atoms with Crippen LogP contribution in [0.15, 0.2) is 78.9 Å². The standard InChI is InChI=1S/C27H29N3O4S/c1-3-33-17-18-34-22-15-13-21(14-16-22)25(31)29-27(35)28-24-12-8-7-11-23(24)26(32)30(2)19-20-9-5-4-6-10-20/h4-16H,3,17-19H2,1-2H3,(H2,28,29,31,35). The zero-order valence-corrected chi connectivity index (χ0v) is 20.6. The SMILES string of the molecule is CCOCCOc1ccc(C(=O)NC(=S)Nc2ccccc2C(=O)N(C)Cc2ccccc2)cc1. The van der Waals surface area contributed by atoms with Crippen LogP contribution >= 0.6 is 12.2 Å². The first-order chi connectivity index (χ1) is 17.0. The summed E-state index contributed by atoms with van der Waals surface area (Å²) in [6, 6.07) is 23.6. The van der Waals surface area contributed by atoms with Crippen LogP contribution < -0.4 is 15.4 Å². The van der Waals surface area contributed by atoms with Crippen molar-refractivity contribution in [2.45, 2.75) is 13.5 Å². The Hall–Kier alpha value is -3.75. The molecule has 0 aromatic heterocycles. The van der Waals surface area contributed by atoms with E-state index in [1.54, 1.807) is 60.5 Å². The van der Waals surface area contributed by atoms with Crippen molar-refractivity contribution in [2.75, 3.05) is 32.2 Å². The molecule has 0 bridgehead atoms. The van der Waals surface area contributed by atoms with Crippen LogP contribution in [0.2, 0.25) is 0 Å². The Morgan fingerprint density at radius 3 is 2.31 bits per heavy atom. The first kappa shape index (κ1) is 25.9. The molecule has 0 aliphatic carbocycles. The Kier molecular flexibility index (Phi) is 9.77. The molecule has 0 fully saturated rings. The van der Waals surface area contributed by atoms with Gasteiger partial charge in [-0.2, -0.15) is 0 Å². The van der Waals surface area contributed by atoms with E-state index in [-0.39, 0.29) is 16.9 Å². The van der Waals surface area contributed by atoms with Crippen molar-refractivity contribution in [3.05, 3.63) is 95.6 Å². The Morgan fingerprint density at radius 1 is 0.914 bits per heavy atom. The topological polar surface area (TPSA) is 79.9 Å². The quantitative estimate of drug-likeness (QED) is 0.321. The third kappa shape index (κ3) is 7.91. The van der Waals surface area contributed by atoms with Gasteiger partial charge in [-0.15, -0.1) is 0 Å². The third-order valence-corrected chi connectivity index (χ3v) is 5.26. The van der Waals surface area contributed by atoms with Gasteiger partial charge in [-0.25, -0.2) is 0 Å². The smallest absolute Gasteiger partial charge is 0.257 e. The molecule has 3 aromatic carbocycles. The van der Waals surface area contributed by atoms with Crippen molar-refractivity contribution in [3.8, 4) is 5.75 Å². The van der Waals surface area contributed by atoms with Crippen molar-refractivity contribution >= 4 is 34.8 Å². The highest BCUT2D eigenvalue weighted by molar-refractivity contribution is 7.80. The second-order valence-electron chi connectivity index (χ2n) is 7.67. The molecule has 3 aromatic rings. The highest BCUT2D eigenvalue weighted by Crippen LogP contribution is 2.18. The number of carbonyl (C=O) groups is 2. The zero-order chi connectivity index (χ0) is 25.0. The second kappa shape index (κ2) is 13.2. The Morgan fingerprint density at radius 2 is 1.60 bits per heavy atom. The van der Waals surface area contributed by atoms with Crippen molar-refractivity contribution in [3.63, 3.8) is 0 Å². The van der Waals surface area contributed by atoms with Gasteiger partial charge in [0.15, 0.2) is 5.11 Å². The van der Waals surface area contributed by atoms with Gasteiger partial charge in [-0.1, -0.05) is 42.5 Å². The predicted molar refractivity (Wildman–Crippen MR) is 141 cm³/mol. The first-order valence-electron chi connectivity index (χ1n) is 11.3. The van der Waals surface area contributed by atoms with Gasteiger partial charge < -0.3 is 19.7 Å². The first-order valence-corrected chi connectivity index (χ1v) is 11.7. The number of thiocarbonyl (C=S) groups is 1. The number of nitrogens with zero attached hydrogens (tertiary/aromatic N) is 1. The molecule has 2 amide bonds.